The number of nitrogens with one attached hydrogen (secondary N) is 1. The second-order valence-electron chi connectivity index (χ2n) is 7.69. The minimum atomic E-state index is -3.81. The maximum atomic E-state index is 12.9. The average Bonchev–Trinajstić information content (AvgIpc) is 3.05. The van der Waals surface area contributed by atoms with E-state index in [1.165, 1.54) is 34.6 Å². The minimum absolute atomic E-state index is 0.0216. The Morgan fingerprint density at radius 3 is 2.53 bits per heavy atom. The average molecular weight is 488 g/mol. The lowest BCUT2D eigenvalue weighted by Gasteiger charge is -2.26. The molecule has 2 aromatic carbocycles. The first-order valence-corrected chi connectivity index (χ1v) is 11.7. The van der Waals surface area contributed by atoms with Crippen molar-refractivity contribution in [3.63, 3.8) is 0 Å². The first-order chi connectivity index (χ1) is 16.1. The summed E-state index contributed by atoms with van der Waals surface area (Å²) >= 11 is 0. The highest BCUT2D eigenvalue weighted by molar-refractivity contribution is 7.89. The molecule has 1 fully saturated rings. The third-order valence-electron chi connectivity index (χ3n) is 5.57. The molecule has 1 N–H and O–H groups in total. The van der Waals surface area contributed by atoms with Crippen molar-refractivity contribution in [3.8, 4) is 0 Å². The highest BCUT2D eigenvalue weighted by Crippen LogP contribution is 2.31. The molecule has 0 saturated carbocycles. The molecule has 178 valence electrons. The van der Waals surface area contributed by atoms with Crippen LogP contribution in [0.4, 0.5) is 11.4 Å². The van der Waals surface area contributed by atoms with Gasteiger partial charge in [0.15, 0.2) is 0 Å². The number of hydrogen-bond acceptors (Lipinski definition) is 8. The topological polar surface area (TPSA) is 156 Å². The molecule has 0 aromatic heterocycles. The van der Waals surface area contributed by atoms with E-state index in [0.717, 1.165) is 6.07 Å². The van der Waals surface area contributed by atoms with Gasteiger partial charge in [0.05, 0.1) is 28.6 Å². The van der Waals surface area contributed by atoms with E-state index in [1.807, 2.05) is 0 Å². The molecule has 1 saturated heterocycles. The van der Waals surface area contributed by atoms with E-state index < -0.39 is 44.9 Å². The van der Waals surface area contributed by atoms with Gasteiger partial charge in [-0.2, -0.15) is 4.31 Å². The molecule has 2 aliphatic heterocycles. The summed E-state index contributed by atoms with van der Waals surface area (Å²) in [6, 6.07) is 7.95. The molecule has 0 bridgehead atoms. The predicted molar refractivity (Wildman–Crippen MR) is 118 cm³/mol. The quantitative estimate of drug-likeness (QED) is 0.361. The van der Waals surface area contributed by atoms with Gasteiger partial charge in [0, 0.05) is 24.8 Å². The van der Waals surface area contributed by atoms with E-state index in [0.29, 0.717) is 10.5 Å². The Morgan fingerprint density at radius 2 is 1.85 bits per heavy atom. The number of hydrogen-bond donors (Lipinski definition) is 1. The lowest BCUT2D eigenvalue weighted by atomic mass is 10.1. The first-order valence-electron chi connectivity index (χ1n) is 10.2. The van der Waals surface area contributed by atoms with Crippen molar-refractivity contribution in [2.45, 2.75) is 11.8 Å². The van der Waals surface area contributed by atoms with Gasteiger partial charge < -0.3 is 10.1 Å². The molecule has 0 aliphatic carbocycles. The van der Waals surface area contributed by atoms with Gasteiger partial charge in [-0.15, -0.1) is 0 Å². The van der Waals surface area contributed by atoms with Crippen LogP contribution in [0.3, 0.4) is 0 Å². The number of ether oxygens (including phenoxy) is 1. The van der Waals surface area contributed by atoms with Crippen LogP contribution in [0.15, 0.2) is 41.3 Å². The number of rotatable bonds is 6. The number of benzene rings is 2. The largest absolute Gasteiger partial charge is 0.379 e. The van der Waals surface area contributed by atoms with Crippen molar-refractivity contribution in [3.05, 3.63) is 63.2 Å². The summed E-state index contributed by atoms with van der Waals surface area (Å²) in [4.78, 5) is 49.0. The fraction of sp³-hybridized carbons (Fsp3) is 0.286. The minimum Gasteiger partial charge on any atom is -0.379 e. The van der Waals surface area contributed by atoms with Gasteiger partial charge in [0.25, 0.3) is 17.5 Å². The number of morpholine rings is 1. The molecular formula is C21H20N4O8S. The maximum absolute atomic E-state index is 12.9. The molecular weight excluding hydrogens is 468 g/mol. The van der Waals surface area contributed by atoms with Gasteiger partial charge in [-0.25, -0.2) is 8.42 Å². The summed E-state index contributed by atoms with van der Waals surface area (Å²) in [6.45, 7) is 1.96. The number of nitrogens with zero attached hydrogens (tertiary/aromatic N) is 3. The number of anilines is 1. The van der Waals surface area contributed by atoms with Gasteiger partial charge in [-0.05, 0) is 30.7 Å². The van der Waals surface area contributed by atoms with Crippen molar-refractivity contribution < 1.29 is 32.5 Å². The van der Waals surface area contributed by atoms with E-state index in [-0.39, 0.29) is 48.0 Å². The first kappa shape index (κ1) is 23.5. The van der Waals surface area contributed by atoms with Crippen molar-refractivity contribution in [2.24, 2.45) is 0 Å². The summed E-state index contributed by atoms with van der Waals surface area (Å²) in [5, 5.41) is 13.8. The Morgan fingerprint density at radius 1 is 1.15 bits per heavy atom. The van der Waals surface area contributed by atoms with Gasteiger partial charge >= 0.3 is 0 Å². The molecule has 2 aromatic rings. The summed E-state index contributed by atoms with van der Waals surface area (Å²) in [7, 11) is -3.81. The number of carbonyl (C=O) groups is 3. The van der Waals surface area contributed by atoms with E-state index >= 15 is 0 Å². The van der Waals surface area contributed by atoms with Crippen molar-refractivity contribution in [1.29, 1.82) is 0 Å². The fourth-order valence-electron chi connectivity index (χ4n) is 3.78. The Balaban J connectivity index is 1.53. The number of carbonyl (C=O) groups excluding carboxylic acids is 3. The summed E-state index contributed by atoms with van der Waals surface area (Å²) in [5.41, 5.74) is -0.272. The number of nitro benzene ring substituents is 1. The van der Waals surface area contributed by atoms with E-state index in [4.69, 9.17) is 4.74 Å². The van der Waals surface area contributed by atoms with Crippen LogP contribution in [0.25, 0.3) is 0 Å². The number of imide groups is 1. The molecule has 13 heteroatoms. The van der Waals surface area contributed by atoms with Gasteiger partial charge in [-0.3, -0.25) is 29.4 Å². The standard InChI is InChI=1S/C21H20N4O8S/c1-13-5-6-14(34(31,32)23-7-9-33-10-8-23)11-16(13)22-18(26)12-24-20(27)15-3-2-4-17(25(29)30)19(15)21(24)28/h2-6,11H,7-10,12H2,1H3,(H,22,26). The monoisotopic (exact) mass is 488 g/mol. The zero-order valence-electron chi connectivity index (χ0n) is 18.0. The van der Waals surface area contributed by atoms with Crippen LogP contribution < -0.4 is 5.32 Å². The van der Waals surface area contributed by atoms with E-state index in [2.05, 4.69) is 5.32 Å². The molecule has 0 unspecified atom stereocenters. The molecule has 2 aliphatic rings. The number of nitro groups is 1. The third kappa shape index (κ3) is 4.16. The molecule has 4 rings (SSSR count). The Kier molecular flexibility index (Phi) is 6.17. The zero-order valence-corrected chi connectivity index (χ0v) is 18.8. The highest BCUT2D eigenvalue weighted by atomic mass is 32.2. The maximum Gasteiger partial charge on any atom is 0.282 e. The van der Waals surface area contributed by atoms with Crippen LogP contribution in [0.2, 0.25) is 0 Å². The molecule has 0 radical (unpaired) electrons. The van der Waals surface area contributed by atoms with Gasteiger partial charge in [-0.1, -0.05) is 12.1 Å². The van der Waals surface area contributed by atoms with Crippen LogP contribution in [-0.2, 0) is 19.6 Å². The molecule has 34 heavy (non-hydrogen) atoms. The molecule has 0 spiro atoms. The van der Waals surface area contributed by atoms with Crippen molar-refractivity contribution in [2.75, 3.05) is 38.2 Å². The van der Waals surface area contributed by atoms with E-state index in [1.54, 1.807) is 6.92 Å². The second kappa shape index (κ2) is 8.93. The molecule has 0 atom stereocenters. The Bertz CT molecular complexity index is 1320. The fourth-order valence-corrected chi connectivity index (χ4v) is 5.21. The highest BCUT2D eigenvalue weighted by Gasteiger charge is 2.41. The molecule has 12 nitrogen and oxygen atoms in total. The third-order valence-corrected chi connectivity index (χ3v) is 7.46. The van der Waals surface area contributed by atoms with Crippen LogP contribution in [-0.4, -0.2) is 73.1 Å². The van der Waals surface area contributed by atoms with Crippen LogP contribution in [0, 0.1) is 17.0 Å². The Labute approximate surface area is 194 Å². The van der Waals surface area contributed by atoms with Crippen LogP contribution in [0.1, 0.15) is 26.3 Å². The second-order valence-corrected chi connectivity index (χ2v) is 9.63. The summed E-state index contributed by atoms with van der Waals surface area (Å²) < 4.78 is 32.3. The lowest BCUT2D eigenvalue weighted by molar-refractivity contribution is -0.385. The normalized spacial score (nSPS) is 16.4. The SMILES string of the molecule is Cc1ccc(S(=O)(=O)N2CCOCC2)cc1NC(=O)CN1C(=O)c2cccc([N+](=O)[O-])c2C1=O. The Hall–Kier alpha value is -3.68. The number of amides is 3. The number of aryl methyl sites for hydroxylation is 1. The van der Waals surface area contributed by atoms with Crippen molar-refractivity contribution >= 4 is 39.1 Å². The zero-order chi connectivity index (χ0) is 24.6. The predicted octanol–water partition coefficient (Wildman–Crippen LogP) is 1.16. The summed E-state index contributed by atoms with van der Waals surface area (Å²) in [5.74, 6) is -2.52. The van der Waals surface area contributed by atoms with Crippen LogP contribution in [0.5, 0.6) is 0 Å². The number of sulfonamides is 1. The van der Waals surface area contributed by atoms with Gasteiger partial charge in [0.1, 0.15) is 12.1 Å². The summed E-state index contributed by atoms with van der Waals surface area (Å²) in [6.07, 6.45) is 0. The smallest absolute Gasteiger partial charge is 0.282 e. The van der Waals surface area contributed by atoms with E-state index in [9.17, 15) is 32.9 Å². The molecule has 2 heterocycles. The molecule has 3 amide bonds. The van der Waals surface area contributed by atoms with Crippen LogP contribution >= 0.6 is 0 Å². The number of fused-ring (bicyclic) bond motifs is 1. The van der Waals surface area contributed by atoms with Gasteiger partial charge in [0.2, 0.25) is 15.9 Å². The van der Waals surface area contributed by atoms with Crippen molar-refractivity contribution in [1.82, 2.24) is 9.21 Å². The lowest BCUT2D eigenvalue weighted by Crippen LogP contribution is -2.40.